The van der Waals surface area contributed by atoms with E-state index in [-0.39, 0.29) is 17.3 Å². The Morgan fingerprint density at radius 1 is 1.25 bits per heavy atom. The lowest BCUT2D eigenvalue weighted by atomic mass is 9.71. The molecule has 1 saturated carbocycles. The molecule has 1 aliphatic rings. The van der Waals surface area contributed by atoms with Gasteiger partial charge in [-0.3, -0.25) is 0 Å². The van der Waals surface area contributed by atoms with E-state index < -0.39 is 0 Å². The van der Waals surface area contributed by atoms with Crippen LogP contribution < -0.4 is 5.73 Å². The van der Waals surface area contributed by atoms with Gasteiger partial charge in [0.05, 0.1) is 0 Å². The van der Waals surface area contributed by atoms with Crippen molar-refractivity contribution >= 4 is 0 Å². The SMILES string of the molecule is Cc1ccc(F)cc1CC(N)C1(CC(C)C)CCCC1. The molecule has 1 nitrogen and oxygen atoms in total. The summed E-state index contributed by atoms with van der Waals surface area (Å²) in [5.41, 5.74) is 9.09. The molecule has 0 spiro atoms. The molecule has 1 aliphatic carbocycles. The predicted octanol–water partition coefficient (Wildman–Crippen LogP) is 4.61. The van der Waals surface area contributed by atoms with Crippen LogP contribution in [-0.4, -0.2) is 6.04 Å². The van der Waals surface area contributed by atoms with Crippen LogP contribution in [0.2, 0.25) is 0 Å². The van der Waals surface area contributed by atoms with Gasteiger partial charge >= 0.3 is 0 Å². The van der Waals surface area contributed by atoms with Gasteiger partial charge in [0.2, 0.25) is 0 Å². The Balaban J connectivity index is 2.16. The molecule has 1 unspecified atom stereocenters. The summed E-state index contributed by atoms with van der Waals surface area (Å²) in [5.74, 6) is 0.523. The van der Waals surface area contributed by atoms with E-state index in [1.807, 2.05) is 13.0 Å². The minimum absolute atomic E-state index is 0.146. The van der Waals surface area contributed by atoms with Crippen LogP contribution in [0.5, 0.6) is 0 Å². The summed E-state index contributed by atoms with van der Waals surface area (Å²) in [6, 6.07) is 5.20. The number of hydrogen-bond donors (Lipinski definition) is 1. The first-order valence-electron chi connectivity index (χ1n) is 7.93. The molecule has 20 heavy (non-hydrogen) atoms. The van der Waals surface area contributed by atoms with Gasteiger partial charge in [-0.1, -0.05) is 32.8 Å². The lowest BCUT2D eigenvalue weighted by Gasteiger charge is -2.37. The Bertz CT molecular complexity index is 447. The summed E-state index contributed by atoms with van der Waals surface area (Å²) in [6.07, 6.45) is 7.06. The molecular weight excluding hydrogens is 249 g/mol. The molecule has 2 N–H and O–H groups in total. The largest absolute Gasteiger partial charge is 0.327 e. The number of benzene rings is 1. The van der Waals surface area contributed by atoms with E-state index in [0.717, 1.165) is 17.5 Å². The fraction of sp³-hybridized carbons (Fsp3) is 0.667. The molecule has 0 saturated heterocycles. The summed E-state index contributed by atoms with van der Waals surface area (Å²) in [6.45, 7) is 6.60. The van der Waals surface area contributed by atoms with E-state index in [0.29, 0.717) is 5.92 Å². The molecule has 0 aliphatic heterocycles. The molecule has 0 aromatic heterocycles. The Labute approximate surface area is 122 Å². The normalized spacial score (nSPS) is 19.5. The van der Waals surface area contributed by atoms with E-state index in [1.165, 1.54) is 38.2 Å². The lowest BCUT2D eigenvalue weighted by Crippen LogP contribution is -2.42. The zero-order chi connectivity index (χ0) is 14.8. The van der Waals surface area contributed by atoms with Crippen LogP contribution in [-0.2, 0) is 6.42 Å². The highest BCUT2D eigenvalue weighted by atomic mass is 19.1. The molecule has 2 heteroatoms. The standard InChI is InChI=1S/C18H28FN/c1-13(2)12-18(8-4-5-9-18)17(20)11-15-10-16(19)7-6-14(15)3/h6-7,10,13,17H,4-5,8-9,11-12,20H2,1-3H3. The van der Waals surface area contributed by atoms with Crippen molar-refractivity contribution in [1.29, 1.82) is 0 Å². The van der Waals surface area contributed by atoms with Crippen molar-refractivity contribution in [3.63, 3.8) is 0 Å². The Kier molecular flexibility index (Phi) is 4.85. The first-order valence-corrected chi connectivity index (χ1v) is 7.93. The molecule has 1 aromatic carbocycles. The van der Waals surface area contributed by atoms with Crippen LogP contribution in [0.4, 0.5) is 4.39 Å². The minimum atomic E-state index is -0.151. The van der Waals surface area contributed by atoms with Crippen molar-refractivity contribution in [2.75, 3.05) is 0 Å². The Morgan fingerprint density at radius 3 is 2.50 bits per heavy atom. The van der Waals surface area contributed by atoms with Crippen LogP contribution in [0, 0.1) is 24.1 Å². The first kappa shape index (κ1) is 15.5. The van der Waals surface area contributed by atoms with Crippen LogP contribution in [0.25, 0.3) is 0 Å². The van der Waals surface area contributed by atoms with Gasteiger partial charge in [0.25, 0.3) is 0 Å². The summed E-state index contributed by atoms with van der Waals surface area (Å²) < 4.78 is 13.4. The average Bonchev–Trinajstić information content (AvgIpc) is 2.82. The third-order valence-electron chi connectivity index (χ3n) is 4.95. The zero-order valence-electron chi connectivity index (χ0n) is 13.1. The molecule has 1 atom stereocenters. The minimum Gasteiger partial charge on any atom is -0.327 e. The smallest absolute Gasteiger partial charge is 0.123 e. The number of aryl methyl sites for hydroxylation is 1. The van der Waals surface area contributed by atoms with Crippen molar-refractivity contribution < 1.29 is 4.39 Å². The molecule has 1 fully saturated rings. The second kappa shape index (κ2) is 6.26. The van der Waals surface area contributed by atoms with E-state index in [9.17, 15) is 4.39 Å². The van der Waals surface area contributed by atoms with Crippen molar-refractivity contribution in [3.05, 3.63) is 35.1 Å². The van der Waals surface area contributed by atoms with E-state index in [1.54, 1.807) is 6.07 Å². The molecule has 1 aromatic rings. The molecule has 0 radical (unpaired) electrons. The van der Waals surface area contributed by atoms with Crippen molar-refractivity contribution in [1.82, 2.24) is 0 Å². The Hall–Kier alpha value is -0.890. The van der Waals surface area contributed by atoms with Gasteiger partial charge in [0, 0.05) is 6.04 Å². The van der Waals surface area contributed by atoms with Gasteiger partial charge in [-0.05, 0) is 67.2 Å². The van der Waals surface area contributed by atoms with Crippen molar-refractivity contribution in [2.24, 2.45) is 17.1 Å². The topological polar surface area (TPSA) is 26.0 Å². The van der Waals surface area contributed by atoms with Crippen LogP contribution in [0.3, 0.4) is 0 Å². The number of rotatable bonds is 5. The highest BCUT2D eigenvalue weighted by molar-refractivity contribution is 5.27. The van der Waals surface area contributed by atoms with Crippen LogP contribution in [0.1, 0.15) is 57.1 Å². The highest BCUT2D eigenvalue weighted by Crippen LogP contribution is 2.46. The predicted molar refractivity (Wildman–Crippen MR) is 83.2 cm³/mol. The third kappa shape index (κ3) is 3.41. The molecule has 112 valence electrons. The van der Waals surface area contributed by atoms with Crippen LogP contribution >= 0.6 is 0 Å². The maximum atomic E-state index is 13.4. The van der Waals surface area contributed by atoms with Gasteiger partial charge in [-0.15, -0.1) is 0 Å². The third-order valence-corrected chi connectivity index (χ3v) is 4.95. The van der Waals surface area contributed by atoms with Crippen molar-refractivity contribution in [2.45, 2.75) is 65.3 Å². The fourth-order valence-corrected chi connectivity index (χ4v) is 3.93. The summed E-state index contributed by atoms with van der Waals surface area (Å²) in [4.78, 5) is 0. The zero-order valence-corrected chi connectivity index (χ0v) is 13.1. The molecule has 0 heterocycles. The monoisotopic (exact) mass is 277 g/mol. The van der Waals surface area contributed by atoms with E-state index in [2.05, 4.69) is 13.8 Å². The summed E-state index contributed by atoms with van der Waals surface area (Å²) in [5, 5.41) is 0. The second-order valence-electron chi connectivity index (χ2n) is 7.05. The van der Waals surface area contributed by atoms with E-state index in [4.69, 9.17) is 5.73 Å². The van der Waals surface area contributed by atoms with Gasteiger partial charge in [0.15, 0.2) is 0 Å². The quantitative estimate of drug-likeness (QED) is 0.835. The Morgan fingerprint density at radius 2 is 1.90 bits per heavy atom. The van der Waals surface area contributed by atoms with Gasteiger partial charge in [-0.2, -0.15) is 0 Å². The maximum absolute atomic E-state index is 13.4. The number of halogens is 1. The van der Waals surface area contributed by atoms with Crippen molar-refractivity contribution in [3.8, 4) is 0 Å². The molecular formula is C18H28FN. The summed E-state index contributed by atoms with van der Waals surface area (Å²) in [7, 11) is 0. The molecule has 0 bridgehead atoms. The molecule has 2 rings (SSSR count). The second-order valence-corrected chi connectivity index (χ2v) is 7.05. The number of hydrogen-bond acceptors (Lipinski definition) is 1. The average molecular weight is 277 g/mol. The first-order chi connectivity index (χ1) is 9.43. The fourth-order valence-electron chi connectivity index (χ4n) is 3.93. The maximum Gasteiger partial charge on any atom is 0.123 e. The van der Waals surface area contributed by atoms with Gasteiger partial charge in [-0.25, -0.2) is 4.39 Å². The van der Waals surface area contributed by atoms with Gasteiger partial charge < -0.3 is 5.73 Å². The summed E-state index contributed by atoms with van der Waals surface area (Å²) >= 11 is 0. The van der Waals surface area contributed by atoms with Gasteiger partial charge in [0.1, 0.15) is 5.82 Å². The number of nitrogens with two attached hydrogens (primary N) is 1. The van der Waals surface area contributed by atoms with Crippen LogP contribution in [0.15, 0.2) is 18.2 Å². The lowest BCUT2D eigenvalue weighted by molar-refractivity contribution is 0.181. The highest BCUT2D eigenvalue weighted by Gasteiger charge is 2.39. The van der Waals surface area contributed by atoms with E-state index >= 15 is 0 Å². The molecule has 0 amide bonds.